The van der Waals surface area contributed by atoms with Gasteiger partial charge in [0.05, 0.1) is 0 Å². The van der Waals surface area contributed by atoms with Crippen molar-refractivity contribution in [1.82, 2.24) is 0 Å². The molecule has 2 aliphatic carbocycles. The third kappa shape index (κ3) is 0.910. The second kappa shape index (κ2) is 2.58. The molecule has 1 heteroatoms. The van der Waals surface area contributed by atoms with Gasteiger partial charge in [-0.2, -0.15) is 0 Å². The van der Waals surface area contributed by atoms with Crippen LogP contribution in [0.2, 0.25) is 0 Å². The summed E-state index contributed by atoms with van der Waals surface area (Å²) >= 11 is 0. The van der Waals surface area contributed by atoms with Crippen LogP contribution >= 0.6 is 0 Å². The standard InChI is InChI=1S/C12H14O/c13-7-9-5-8-6-12(9)11-4-2-1-3-10(8)11/h1-4,8-9,12-13H,5-7H2/t8-,9-,12-/m1/s1. The minimum atomic E-state index is 0.371. The molecule has 2 aliphatic rings. The molecule has 0 amide bonds. The molecule has 0 radical (unpaired) electrons. The number of aliphatic hydroxyl groups is 1. The second-order valence-corrected chi connectivity index (χ2v) is 4.35. The fourth-order valence-corrected chi connectivity index (χ4v) is 3.18. The van der Waals surface area contributed by atoms with Crippen molar-refractivity contribution in [3.63, 3.8) is 0 Å². The van der Waals surface area contributed by atoms with Gasteiger partial charge in [0.15, 0.2) is 0 Å². The Hall–Kier alpha value is -0.820. The van der Waals surface area contributed by atoms with Gasteiger partial charge in [0.2, 0.25) is 0 Å². The van der Waals surface area contributed by atoms with Crippen molar-refractivity contribution in [2.45, 2.75) is 24.7 Å². The fraction of sp³-hybridized carbons (Fsp3) is 0.500. The van der Waals surface area contributed by atoms with Gasteiger partial charge in [-0.15, -0.1) is 0 Å². The van der Waals surface area contributed by atoms with Crippen LogP contribution in [0.15, 0.2) is 24.3 Å². The molecule has 0 unspecified atom stereocenters. The zero-order chi connectivity index (χ0) is 8.84. The lowest BCUT2D eigenvalue weighted by atomic mass is 9.84. The van der Waals surface area contributed by atoms with Crippen LogP contribution in [0.5, 0.6) is 0 Å². The second-order valence-electron chi connectivity index (χ2n) is 4.35. The van der Waals surface area contributed by atoms with Crippen molar-refractivity contribution >= 4 is 0 Å². The summed E-state index contributed by atoms with van der Waals surface area (Å²) in [6, 6.07) is 8.75. The predicted molar refractivity (Wildman–Crippen MR) is 51.7 cm³/mol. The zero-order valence-corrected chi connectivity index (χ0v) is 7.61. The maximum absolute atomic E-state index is 9.21. The maximum atomic E-state index is 9.21. The molecule has 0 spiro atoms. The van der Waals surface area contributed by atoms with Crippen molar-refractivity contribution in [1.29, 1.82) is 0 Å². The number of fused-ring (bicyclic) bond motifs is 5. The molecule has 0 aliphatic heterocycles. The zero-order valence-electron chi connectivity index (χ0n) is 7.61. The molecule has 1 saturated carbocycles. The highest BCUT2D eigenvalue weighted by atomic mass is 16.3. The largest absolute Gasteiger partial charge is 0.396 e. The highest BCUT2D eigenvalue weighted by molar-refractivity contribution is 5.41. The molecular formula is C12H14O. The Bertz CT molecular complexity index is 330. The van der Waals surface area contributed by atoms with Crippen LogP contribution in [0, 0.1) is 5.92 Å². The first-order chi connectivity index (χ1) is 6.40. The maximum Gasteiger partial charge on any atom is 0.0465 e. The van der Waals surface area contributed by atoms with Crippen molar-refractivity contribution in [3.05, 3.63) is 35.4 Å². The number of aliphatic hydroxyl groups excluding tert-OH is 1. The molecule has 3 atom stereocenters. The lowest BCUT2D eigenvalue weighted by molar-refractivity contribution is 0.213. The van der Waals surface area contributed by atoms with Gasteiger partial charge in [-0.05, 0) is 41.7 Å². The molecular weight excluding hydrogens is 160 g/mol. The van der Waals surface area contributed by atoms with Gasteiger partial charge in [-0.25, -0.2) is 0 Å². The van der Waals surface area contributed by atoms with Crippen LogP contribution < -0.4 is 0 Å². The Morgan fingerprint density at radius 1 is 1.15 bits per heavy atom. The Morgan fingerprint density at radius 3 is 2.69 bits per heavy atom. The Morgan fingerprint density at radius 2 is 1.92 bits per heavy atom. The molecule has 1 aromatic rings. The lowest BCUT2D eigenvalue weighted by Crippen LogP contribution is -2.13. The Kier molecular flexibility index (Phi) is 1.50. The average molecular weight is 174 g/mol. The first-order valence-electron chi connectivity index (χ1n) is 5.10. The SMILES string of the molecule is OC[C@H]1C[C@@H]2C[C@H]1c1ccccc12. The molecule has 0 saturated heterocycles. The van der Waals surface area contributed by atoms with Crippen LogP contribution in [0.1, 0.15) is 35.8 Å². The van der Waals surface area contributed by atoms with Crippen LogP contribution in [0.4, 0.5) is 0 Å². The van der Waals surface area contributed by atoms with E-state index in [2.05, 4.69) is 24.3 Å². The molecule has 3 rings (SSSR count). The molecule has 68 valence electrons. The van der Waals surface area contributed by atoms with E-state index < -0.39 is 0 Å². The third-order valence-corrected chi connectivity index (χ3v) is 3.76. The van der Waals surface area contributed by atoms with Crippen molar-refractivity contribution in [2.24, 2.45) is 5.92 Å². The first kappa shape index (κ1) is 7.57. The molecule has 2 bridgehead atoms. The molecule has 1 fully saturated rings. The summed E-state index contributed by atoms with van der Waals surface area (Å²) in [5.41, 5.74) is 3.06. The molecule has 13 heavy (non-hydrogen) atoms. The summed E-state index contributed by atoms with van der Waals surface area (Å²) in [4.78, 5) is 0. The van der Waals surface area contributed by atoms with E-state index in [0.717, 1.165) is 5.92 Å². The van der Waals surface area contributed by atoms with E-state index in [1.54, 1.807) is 5.56 Å². The van der Waals surface area contributed by atoms with Gasteiger partial charge in [0, 0.05) is 6.61 Å². The molecule has 0 aromatic heterocycles. The van der Waals surface area contributed by atoms with Crippen LogP contribution in [-0.2, 0) is 0 Å². The van der Waals surface area contributed by atoms with Gasteiger partial charge in [0.1, 0.15) is 0 Å². The summed E-state index contributed by atoms with van der Waals surface area (Å²) in [6.07, 6.45) is 2.49. The number of benzene rings is 1. The predicted octanol–water partition coefficient (Wildman–Crippen LogP) is 2.27. The van der Waals surface area contributed by atoms with Crippen LogP contribution in [0.25, 0.3) is 0 Å². The van der Waals surface area contributed by atoms with Crippen LogP contribution in [0.3, 0.4) is 0 Å². The Balaban J connectivity index is 2.07. The summed E-state index contributed by atoms with van der Waals surface area (Å²) in [5, 5.41) is 9.21. The summed E-state index contributed by atoms with van der Waals surface area (Å²) < 4.78 is 0. The van der Waals surface area contributed by atoms with Crippen molar-refractivity contribution < 1.29 is 5.11 Å². The van der Waals surface area contributed by atoms with Gasteiger partial charge in [-0.3, -0.25) is 0 Å². The minimum Gasteiger partial charge on any atom is -0.396 e. The van der Waals surface area contributed by atoms with E-state index in [9.17, 15) is 5.11 Å². The molecule has 1 nitrogen and oxygen atoms in total. The van der Waals surface area contributed by atoms with E-state index >= 15 is 0 Å². The Labute approximate surface area is 78.4 Å². The van der Waals surface area contributed by atoms with Crippen molar-refractivity contribution in [3.8, 4) is 0 Å². The molecule has 1 aromatic carbocycles. The van der Waals surface area contributed by atoms with Crippen molar-refractivity contribution in [2.75, 3.05) is 6.61 Å². The van der Waals surface area contributed by atoms with Gasteiger partial charge >= 0.3 is 0 Å². The van der Waals surface area contributed by atoms with E-state index in [-0.39, 0.29) is 0 Å². The number of hydrogen-bond donors (Lipinski definition) is 1. The topological polar surface area (TPSA) is 20.2 Å². The first-order valence-corrected chi connectivity index (χ1v) is 5.10. The highest BCUT2D eigenvalue weighted by Gasteiger charge is 2.42. The normalized spacial score (nSPS) is 35.0. The van der Waals surface area contributed by atoms with E-state index in [0.29, 0.717) is 18.4 Å². The molecule has 0 heterocycles. The summed E-state index contributed by atoms with van der Waals surface area (Å²) in [5.74, 6) is 1.95. The van der Waals surface area contributed by atoms with Gasteiger partial charge in [0.25, 0.3) is 0 Å². The fourth-order valence-electron chi connectivity index (χ4n) is 3.18. The third-order valence-electron chi connectivity index (χ3n) is 3.76. The minimum absolute atomic E-state index is 0.371. The quantitative estimate of drug-likeness (QED) is 0.692. The van der Waals surface area contributed by atoms with Crippen LogP contribution in [-0.4, -0.2) is 11.7 Å². The summed E-state index contributed by atoms with van der Waals surface area (Å²) in [6.45, 7) is 0.371. The van der Waals surface area contributed by atoms with Gasteiger partial charge < -0.3 is 5.11 Å². The number of hydrogen-bond acceptors (Lipinski definition) is 1. The number of rotatable bonds is 1. The van der Waals surface area contributed by atoms with E-state index in [1.807, 2.05) is 0 Å². The lowest BCUT2D eigenvalue weighted by Gasteiger charge is -2.22. The van der Waals surface area contributed by atoms with E-state index in [1.165, 1.54) is 18.4 Å². The monoisotopic (exact) mass is 174 g/mol. The summed E-state index contributed by atoms with van der Waals surface area (Å²) in [7, 11) is 0. The smallest absolute Gasteiger partial charge is 0.0465 e. The highest BCUT2D eigenvalue weighted by Crippen LogP contribution is 2.55. The average Bonchev–Trinajstić information content (AvgIpc) is 2.75. The van der Waals surface area contributed by atoms with E-state index in [4.69, 9.17) is 0 Å². The molecule has 1 N–H and O–H groups in total. The van der Waals surface area contributed by atoms with Gasteiger partial charge in [-0.1, -0.05) is 24.3 Å².